The zero-order valence-electron chi connectivity index (χ0n) is 12.2. The number of carbonyl (C=O) groups is 1. The maximum absolute atomic E-state index is 11.9. The maximum Gasteiger partial charge on any atom is 0.319 e. The van der Waals surface area contributed by atoms with Gasteiger partial charge in [0.1, 0.15) is 0 Å². The Kier molecular flexibility index (Phi) is 5.01. The van der Waals surface area contributed by atoms with E-state index >= 15 is 0 Å². The van der Waals surface area contributed by atoms with Crippen LogP contribution in [0.5, 0.6) is 0 Å². The van der Waals surface area contributed by atoms with E-state index in [1.165, 1.54) is 32.1 Å². The van der Waals surface area contributed by atoms with Crippen molar-refractivity contribution in [2.75, 3.05) is 11.9 Å². The molecule has 110 valence electrons. The maximum atomic E-state index is 11.9. The highest BCUT2D eigenvalue weighted by Gasteiger charge is 2.26. The van der Waals surface area contributed by atoms with Crippen molar-refractivity contribution in [3.63, 3.8) is 0 Å². The van der Waals surface area contributed by atoms with Gasteiger partial charge >= 0.3 is 6.03 Å². The average molecular weight is 275 g/mol. The molecule has 4 heteroatoms. The van der Waals surface area contributed by atoms with Gasteiger partial charge in [0.15, 0.2) is 0 Å². The lowest BCUT2D eigenvalue weighted by atomic mass is 9.76. The van der Waals surface area contributed by atoms with Crippen molar-refractivity contribution in [3.8, 4) is 0 Å². The van der Waals surface area contributed by atoms with Crippen LogP contribution in [0.2, 0.25) is 0 Å². The third kappa shape index (κ3) is 4.23. The van der Waals surface area contributed by atoms with Crippen LogP contribution in [0.25, 0.3) is 0 Å². The predicted octanol–water partition coefficient (Wildman–Crippen LogP) is 3.24. The van der Waals surface area contributed by atoms with Crippen LogP contribution in [0.1, 0.15) is 44.6 Å². The summed E-state index contributed by atoms with van der Waals surface area (Å²) in [6, 6.07) is 7.49. The van der Waals surface area contributed by atoms with Crippen LogP contribution >= 0.6 is 0 Å². The summed E-state index contributed by atoms with van der Waals surface area (Å²) >= 11 is 0. The van der Waals surface area contributed by atoms with E-state index in [4.69, 9.17) is 5.73 Å². The van der Waals surface area contributed by atoms with Crippen LogP contribution in [0.4, 0.5) is 10.5 Å². The zero-order valence-corrected chi connectivity index (χ0v) is 12.2. The molecular weight excluding hydrogens is 250 g/mol. The van der Waals surface area contributed by atoms with Gasteiger partial charge < -0.3 is 16.4 Å². The number of rotatable bonds is 4. The molecule has 4 nitrogen and oxygen atoms in total. The van der Waals surface area contributed by atoms with Crippen molar-refractivity contribution in [1.29, 1.82) is 0 Å². The Labute approximate surface area is 121 Å². The molecule has 0 aromatic heterocycles. The molecule has 1 saturated carbocycles. The molecule has 0 saturated heterocycles. The first-order valence-corrected chi connectivity index (χ1v) is 7.45. The molecule has 2 amide bonds. The summed E-state index contributed by atoms with van der Waals surface area (Å²) in [6.07, 6.45) is 6.30. The number of nitrogens with one attached hydrogen (secondary N) is 2. The Bertz CT molecular complexity index is 436. The van der Waals surface area contributed by atoms with Gasteiger partial charge in [-0.1, -0.05) is 38.3 Å². The Hall–Kier alpha value is -1.55. The van der Waals surface area contributed by atoms with Crippen molar-refractivity contribution in [3.05, 3.63) is 29.8 Å². The fourth-order valence-electron chi connectivity index (χ4n) is 2.78. The smallest absolute Gasteiger partial charge is 0.319 e. The van der Waals surface area contributed by atoms with Gasteiger partial charge in [-0.15, -0.1) is 0 Å². The van der Waals surface area contributed by atoms with E-state index < -0.39 is 0 Å². The zero-order chi connectivity index (χ0) is 14.4. The molecule has 0 radical (unpaired) electrons. The minimum absolute atomic E-state index is 0.128. The Morgan fingerprint density at radius 2 is 1.85 bits per heavy atom. The number of urea groups is 1. The Morgan fingerprint density at radius 1 is 1.20 bits per heavy atom. The van der Waals surface area contributed by atoms with Gasteiger partial charge in [0.05, 0.1) is 0 Å². The molecule has 0 unspecified atom stereocenters. The van der Waals surface area contributed by atoms with Crippen LogP contribution in [0.15, 0.2) is 24.3 Å². The normalized spacial score (nSPS) is 17.5. The van der Waals surface area contributed by atoms with Crippen LogP contribution in [-0.2, 0) is 6.54 Å². The molecule has 0 spiro atoms. The van der Waals surface area contributed by atoms with E-state index in [0.717, 1.165) is 17.8 Å². The van der Waals surface area contributed by atoms with E-state index in [-0.39, 0.29) is 11.4 Å². The second kappa shape index (κ2) is 6.75. The topological polar surface area (TPSA) is 67.2 Å². The number of carbonyl (C=O) groups excluding carboxylic acids is 1. The molecule has 1 aliphatic rings. The van der Waals surface area contributed by atoms with Crippen molar-refractivity contribution in [1.82, 2.24) is 5.32 Å². The summed E-state index contributed by atoms with van der Waals surface area (Å²) in [4.78, 5) is 11.9. The quantitative estimate of drug-likeness (QED) is 0.789. The van der Waals surface area contributed by atoms with Crippen molar-refractivity contribution >= 4 is 11.7 Å². The fourth-order valence-corrected chi connectivity index (χ4v) is 2.78. The number of benzene rings is 1. The summed E-state index contributed by atoms with van der Waals surface area (Å²) in [5.41, 5.74) is 7.67. The standard InChI is InChI=1S/C16H25N3O/c1-16(9-3-2-4-10-16)12-18-15(20)19-14-7-5-13(11-17)6-8-14/h5-8H,2-4,9-12,17H2,1H3,(H2,18,19,20). The first kappa shape index (κ1) is 14.9. The highest BCUT2D eigenvalue weighted by Crippen LogP contribution is 2.34. The second-order valence-electron chi connectivity index (χ2n) is 6.08. The van der Waals surface area contributed by atoms with Crippen LogP contribution in [0.3, 0.4) is 0 Å². The minimum Gasteiger partial charge on any atom is -0.337 e. The largest absolute Gasteiger partial charge is 0.337 e. The summed E-state index contributed by atoms with van der Waals surface area (Å²) in [5, 5.41) is 5.85. The number of amides is 2. The van der Waals surface area contributed by atoms with Gasteiger partial charge in [-0.3, -0.25) is 0 Å². The molecule has 2 rings (SSSR count). The molecular formula is C16H25N3O. The van der Waals surface area contributed by atoms with Crippen molar-refractivity contribution < 1.29 is 4.79 Å². The number of nitrogens with two attached hydrogens (primary N) is 1. The van der Waals surface area contributed by atoms with E-state index in [1.54, 1.807) is 0 Å². The minimum atomic E-state index is -0.128. The lowest BCUT2D eigenvalue weighted by molar-refractivity contribution is 0.204. The molecule has 1 aromatic rings. The van der Waals surface area contributed by atoms with Crippen molar-refractivity contribution in [2.24, 2.45) is 11.1 Å². The van der Waals surface area contributed by atoms with E-state index in [1.807, 2.05) is 24.3 Å². The van der Waals surface area contributed by atoms with E-state index in [0.29, 0.717) is 6.54 Å². The number of anilines is 1. The molecule has 1 fully saturated rings. The third-order valence-electron chi connectivity index (χ3n) is 4.18. The Morgan fingerprint density at radius 3 is 2.45 bits per heavy atom. The van der Waals surface area contributed by atoms with E-state index in [2.05, 4.69) is 17.6 Å². The summed E-state index contributed by atoms with van der Waals surface area (Å²) in [5.74, 6) is 0. The lowest BCUT2D eigenvalue weighted by Crippen LogP contribution is -2.39. The summed E-state index contributed by atoms with van der Waals surface area (Å²) < 4.78 is 0. The number of hydrogen-bond acceptors (Lipinski definition) is 2. The molecule has 1 aliphatic carbocycles. The monoisotopic (exact) mass is 275 g/mol. The van der Waals surface area contributed by atoms with E-state index in [9.17, 15) is 4.79 Å². The van der Waals surface area contributed by atoms with Crippen LogP contribution in [0, 0.1) is 5.41 Å². The van der Waals surface area contributed by atoms with Gasteiger partial charge in [0.2, 0.25) is 0 Å². The summed E-state index contributed by atoms with van der Waals surface area (Å²) in [7, 11) is 0. The first-order valence-electron chi connectivity index (χ1n) is 7.45. The predicted molar refractivity (Wildman–Crippen MR) is 82.5 cm³/mol. The molecule has 0 bridgehead atoms. The summed E-state index contributed by atoms with van der Waals surface area (Å²) in [6.45, 7) is 3.53. The van der Waals surface area contributed by atoms with Gasteiger partial charge in [0.25, 0.3) is 0 Å². The third-order valence-corrected chi connectivity index (χ3v) is 4.18. The van der Waals surface area contributed by atoms with Gasteiger partial charge in [-0.25, -0.2) is 4.79 Å². The van der Waals surface area contributed by atoms with Crippen LogP contribution < -0.4 is 16.4 Å². The van der Waals surface area contributed by atoms with Crippen molar-refractivity contribution in [2.45, 2.75) is 45.6 Å². The number of hydrogen-bond donors (Lipinski definition) is 3. The second-order valence-corrected chi connectivity index (χ2v) is 6.08. The lowest BCUT2D eigenvalue weighted by Gasteiger charge is -2.33. The first-order chi connectivity index (χ1) is 9.61. The molecule has 20 heavy (non-hydrogen) atoms. The highest BCUT2D eigenvalue weighted by atomic mass is 16.2. The highest BCUT2D eigenvalue weighted by molar-refractivity contribution is 5.89. The molecule has 1 aromatic carbocycles. The average Bonchev–Trinajstić information content (AvgIpc) is 2.47. The van der Waals surface area contributed by atoms with Gasteiger partial charge in [-0.05, 0) is 36.0 Å². The Balaban J connectivity index is 1.79. The van der Waals surface area contributed by atoms with Gasteiger partial charge in [-0.2, -0.15) is 0 Å². The van der Waals surface area contributed by atoms with Crippen LogP contribution in [-0.4, -0.2) is 12.6 Å². The van der Waals surface area contributed by atoms with Gasteiger partial charge in [0, 0.05) is 18.8 Å². The SMILES string of the molecule is CC1(CNC(=O)Nc2ccc(CN)cc2)CCCCC1. The molecule has 0 heterocycles. The molecule has 4 N–H and O–H groups in total. The fraction of sp³-hybridized carbons (Fsp3) is 0.562. The molecule has 0 aliphatic heterocycles. The molecule has 0 atom stereocenters.